The summed E-state index contributed by atoms with van der Waals surface area (Å²) in [7, 11) is -3.32. The molecule has 1 rings (SSSR count). The number of benzene rings is 1. The van der Waals surface area contributed by atoms with Crippen LogP contribution in [0.1, 0.15) is 32.8 Å². The molecule has 0 radical (unpaired) electrons. The predicted molar refractivity (Wildman–Crippen MR) is 109 cm³/mol. The summed E-state index contributed by atoms with van der Waals surface area (Å²) in [5, 5.41) is 6.41. The van der Waals surface area contributed by atoms with Crippen molar-refractivity contribution in [3.05, 3.63) is 35.9 Å². The molecule has 0 aliphatic rings. The monoisotopic (exact) mass is 405 g/mol. The van der Waals surface area contributed by atoms with Gasteiger partial charge in [-0.3, -0.25) is 10.1 Å². The number of carbonyl (C=O) groups is 1. The molecule has 1 aromatic carbocycles. The standard InChI is InChI=1S/C18H31N3O3S.ClH/c1-5-18(20-12-14(2)3,11-15-9-7-6-8-10-15)21-17(22)16(19)13-25(4,23)24;/h6-10,14,16,20H,5,11-13,19H2,1-4H3,(H,21,22);1H/t16-,18+;/m1./s1. The van der Waals surface area contributed by atoms with Crippen molar-refractivity contribution in [1.29, 1.82) is 0 Å². The van der Waals surface area contributed by atoms with Gasteiger partial charge in [0.05, 0.1) is 17.5 Å². The Morgan fingerprint density at radius 2 is 1.81 bits per heavy atom. The fourth-order valence-corrected chi connectivity index (χ4v) is 3.37. The highest BCUT2D eigenvalue weighted by Crippen LogP contribution is 2.16. The van der Waals surface area contributed by atoms with E-state index in [1.807, 2.05) is 37.3 Å². The van der Waals surface area contributed by atoms with Crippen molar-refractivity contribution in [2.45, 2.75) is 45.3 Å². The average Bonchev–Trinajstić information content (AvgIpc) is 2.52. The van der Waals surface area contributed by atoms with Gasteiger partial charge in [0.15, 0.2) is 0 Å². The van der Waals surface area contributed by atoms with Crippen LogP contribution in [0.5, 0.6) is 0 Å². The first-order valence-corrected chi connectivity index (χ1v) is 10.7. The van der Waals surface area contributed by atoms with E-state index in [0.29, 0.717) is 18.8 Å². The molecule has 1 amide bonds. The summed E-state index contributed by atoms with van der Waals surface area (Å²) in [6.07, 6.45) is 2.31. The molecule has 6 nitrogen and oxygen atoms in total. The molecule has 26 heavy (non-hydrogen) atoms. The lowest BCUT2D eigenvalue weighted by Crippen LogP contribution is -2.63. The van der Waals surface area contributed by atoms with Crippen LogP contribution in [-0.2, 0) is 21.1 Å². The zero-order valence-electron chi connectivity index (χ0n) is 16.0. The average molecular weight is 406 g/mol. The van der Waals surface area contributed by atoms with Crippen LogP contribution in [0.15, 0.2) is 30.3 Å². The molecule has 0 spiro atoms. The lowest BCUT2D eigenvalue weighted by molar-refractivity contribution is -0.124. The molecular formula is C18H32ClN3O3S. The first-order valence-electron chi connectivity index (χ1n) is 8.61. The second-order valence-electron chi connectivity index (χ2n) is 7.06. The van der Waals surface area contributed by atoms with Crippen LogP contribution in [0.4, 0.5) is 0 Å². The fourth-order valence-electron chi connectivity index (χ4n) is 2.56. The molecule has 0 unspecified atom stereocenters. The lowest BCUT2D eigenvalue weighted by atomic mass is 9.95. The molecule has 0 heterocycles. The van der Waals surface area contributed by atoms with E-state index < -0.39 is 27.4 Å². The van der Waals surface area contributed by atoms with Crippen LogP contribution in [0.2, 0.25) is 0 Å². The van der Waals surface area contributed by atoms with E-state index in [4.69, 9.17) is 5.73 Å². The Kier molecular flexibility index (Phi) is 10.4. The van der Waals surface area contributed by atoms with Crippen molar-refractivity contribution in [1.82, 2.24) is 10.6 Å². The van der Waals surface area contributed by atoms with E-state index in [2.05, 4.69) is 24.5 Å². The maximum Gasteiger partial charge on any atom is 0.239 e. The Balaban J connectivity index is 0.00000625. The number of rotatable bonds is 10. The maximum absolute atomic E-state index is 12.5. The van der Waals surface area contributed by atoms with Gasteiger partial charge in [-0.2, -0.15) is 0 Å². The maximum atomic E-state index is 12.5. The van der Waals surface area contributed by atoms with E-state index in [1.54, 1.807) is 0 Å². The van der Waals surface area contributed by atoms with Gasteiger partial charge in [0.25, 0.3) is 0 Å². The van der Waals surface area contributed by atoms with E-state index in [9.17, 15) is 13.2 Å². The van der Waals surface area contributed by atoms with Gasteiger partial charge >= 0.3 is 0 Å². The summed E-state index contributed by atoms with van der Waals surface area (Å²) >= 11 is 0. The van der Waals surface area contributed by atoms with Gasteiger partial charge in [-0.1, -0.05) is 51.1 Å². The molecule has 0 fully saturated rings. The van der Waals surface area contributed by atoms with E-state index in [1.165, 1.54) is 0 Å². The molecule has 150 valence electrons. The van der Waals surface area contributed by atoms with Gasteiger partial charge in [0, 0.05) is 12.7 Å². The molecule has 0 bridgehead atoms. The summed E-state index contributed by atoms with van der Waals surface area (Å²) in [6, 6.07) is 8.77. The number of nitrogens with two attached hydrogens (primary N) is 1. The molecule has 1 aromatic rings. The molecule has 2 atom stereocenters. The molecule has 0 aliphatic carbocycles. The van der Waals surface area contributed by atoms with Crippen LogP contribution >= 0.6 is 12.4 Å². The second-order valence-corrected chi connectivity index (χ2v) is 9.25. The highest BCUT2D eigenvalue weighted by atomic mass is 35.5. The molecule has 0 saturated carbocycles. The Labute approximate surface area is 163 Å². The van der Waals surface area contributed by atoms with Crippen LogP contribution in [-0.4, -0.2) is 44.6 Å². The van der Waals surface area contributed by atoms with E-state index >= 15 is 0 Å². The van der Waals surface area contributed by atoms with Crippen molar-refractivity contribution in [2.24, 2.45) is 11.7 Å². The zero-order valence-corrected chi connectivity index (χ0v) is 17.6. The second kappa shape index (κ2) is 10.9. The van der Waals surface area contributed by atoms with Crippen molar-refractivity contribution in [2.75, 3.05) is 18.6 Å². The largest absolute Gasteiger partial charge is 0.336 e. The SMILES string of the molecule is CC[C@](Cc1ccccc1)(NCC(C)C)NC(=O)[C@H](N)CS(C)(=O)=O.Cl. The summed E-state index contributed by atoms with van der Waals surface area (Å²) < 4.78 is 22.8. The van der Waals surface area contributed by atoms with Gasteiger partial charge < -0.3 is 11.1 Å². The Morgan fingerprint density at radius 1 is 1.23 bits per heavy atom. The van der Waals surface area contributed by atoms with Gasteiger partial charge in [-0.25, -0.2) is 8.42 Å². The number of nitrogens with one attached hydrogen (secondary N) is 2. The predicted octanol–water partition coefficient (Wildman–Crippen LogP) is 1.49. The summed E-state index contributed by atoms with van der Waals surface area (Å²) in [4.78, 5) is 12.5. The van der Waals surface area contributed by atoms with Crippen LogP contribution in [0.25, 0.3) is 0 Å². The topological polar surface area (TPSA) is 101 Å². The van der Waals surface area contributed by atoms with Gasteiger partial charge in [-0.15, -0.1) is 12.4 Å². The fraction of sp³-hybridized carbons (Fsp3) is 0.611. The van der Waals surface area contributed by atoms with Crippen molar-refractivity contribution < 1.29 is 13.2 Å². The van der Waals surface area contributed by atoms with Gasteiger partial charge in [-0.05, 0) is 24.4 Å². The van der Waals surface area contributed by atoms with Crippen LogP contribution < -0.4 is 16.4 Å². The normalized spacial score (nSPS) is 15.0. The number of carbonyl (C=O) groups excluding carboxylic acids is 1. The molecule has 4 N–H and O–H groups in total. The molecular weight excluding hydrogens is 374 g/mol. The first kappa shape index (κ1) is 24.8. The minimum absolute atomic E-state index is 0. The smallest absolute Gasteiger partial charge is 0.239 e. The van der Waals surface area contributed by atoms with Crippen LogP contribution in [0, 0.1) is 5.92 Å². The van der Waals surface area contributed by atoms with E-state index in [0.717, 1.165) is 18.4 Å². The van der Waals surface area contributed by atoms with Crippen molar-refractivity contribution >= 4 is 28.2 Å². The number of hydrogen-bond acceptors (Lipinski definition) is 5. The Bertz CT molecular complexity index is 653. The van der Waals surface area contributed by atoms with Crippen molar-refractivity contribution in [3.63, 3.8) is 0 Å². The lowest BCUT2D eigenvalue weighted by Gasteiger charge is -2.37. The number of halogens is 1. The molecule has 8 heteroatoms. The quantitative estimate of drug-likeness (QED) is 0.512. The highest BCUT2D eigenvalue weighted by molar-refractivity contribution is 7.90. The minimum Gasteiger partial charge on any atom is -0.336 e. The summed E-state index contributed by atoms with van der Waals surface area (Å²) in [5.41, 5.74) is 6.21. The third kappa shape index (κ3) is 8.98. The molecule has 0 aliphatic heterocycles. The molecule has 0 aromatic heterocycles. The number of sulfone groups is 1. The van der Waals surface area contributed by atoms with E-state index in [-0.39, 0.29) is 18.2 Å². The number of amides is 1. The van der Waals surface area contributed by atoms with Gasteiger partial charge in [0.1, 0.15) is 9.84 Å². The summed E-state index contributed by atoms with van der Waals surface area (Å²) in [6.45, 7) is 6.89. The first-order chi connectivity index (χ1) is 11.6. The Hall–Kier alpha value is -1.15. The van der Waals surface area contributed by atoms with Crippen LogP contribution in [0.3, 0.4) is 0 Å². The third-order valence-corrected chi connectivity index (χ3v) is 4.95. The van der Waals surface area contributed by atoms with Crippen molar-refractivity contribution in [3.8, 4) is 0 Å². The molecule has 0 saturated heterocycles. The third-order valence-electron chi connectivity index (χ3n) is 3.98. The highest BCUT2D eigenvalue weighted by Gasteiger charge is 2.32. The summed E-state index contributed by atoms with van der Waals surface area (Å²) in [5.74, 6) is -0.420. The number of hydrogen-bond donors (Lipinski definition) is 3. The Morgan fingerprint density at radius 3 is 2.27 bits per heavy atom. The minimum atomic E-state index is -3.32. The zero-order chi connectivity index (χ0) is 19.1. The van der Waals surface area contributed by atoms with Gasteiger partial charge in [0.2, 0.25) is 5.91 Å².